The average molecular weight is 472 g/mol. The number of esters is 1. The Hall–Kier alpha value is -2.73. The number of nitrogen functional groups attached to an aromatic ring is 1. The summed E-state index contributed by atoms with van der Waals surface area (Å²) in [6.45, 7) is 1.90. The lowest BCUT2D eigenvalue weighted by molar-refractivity contribution is -0.141. The molecule has 12 heteroatoms. The van der Waals surface area contributed by atoms with Crippen LogP contribution in [0.1, 0.15) is 49.8 Å². The monoisotopic (exact) mass is 471 g/mol. The summed E-state index contributed by atoms with van der Waals surface area (Å²) in [6, 6.07) is 5.89. The Kier molecular flexibility index (Phi) is 11.6. The van der Waals surface area contributed by atoms with E-state index in [9.17, 15) is 14.4 Å². The highest BCUT2D eigenvalue weighted by molar-refractivity contribution is 5.94. The number of benzene rings is 1. The molecule has 0 radical (unpaired) electrons. The zero-order chi connectivity index (χ0) is 22.8. The molecule has 1 fully saturated rings. The average Bonchev–Trinajstić information content (AvgIpc) is 3.20. The van der Waals surface area contributed by atoms with E-state index in [4.69, 9.17) is 26.5 Å². The number of nitrogens with one attached hydrogen (secondary N) is 3. The lowest BCUT2D eigenvalue weighted by Gasteiger charge is -2.13. The molecule has 0 bridgehead atoms. The number of carbonyl (C=O) groups excluding carboxylic acids is 3. The Morgan fingerprint density at radius 3 is 2.62 bits per heavy atom. The number of amides is 1. The fourth-order valence-electron chi connectivity index (χ4n) is 2.83. The predicted molar refractivity (Wildman–Crippen MR) is 118 cm³/mol. The van der Waals surface area contributed by atoms with E-state index < -0.39 is 18.2 Å². The number of ether oxygens (including phenoxy) is 2. The second-order valence-corrected chi connectivity index (χ2v) is 7.17. The largest absolute Gasteiger partial charge is 0.516 e. The van der Waals surface area contributed by atoms with E-state index >= 15 is 0 Å². The number of carbonyl (C=O) groups is 3. The standard InChI is InChI=1S/C20H29N5O6.ClH/c1-2-3-8-29-20(28)30-19(27)15(21)11-24-17(26)10-14-9-16(25-31-14)12-4-6-13(7-5-12)18(22)23;/h4-7,14-16,25H,2-3,8-11,21H2,1H3,(H3,22,23)(H,24,26);1H/t14-,15?,16+;/m1./s1. The maximum Gasteiger partial charge on any atom is 0.516 e. The molecule has 7 N–H and O–H groups in total. The zero-order valence-corrected chi connectivity index (χ0v) is 18.6. The van der Waals surface area contributed by atoms with E-state index in [1.165, 1.54) is 0 Å². The van der Waals surface area contributed by atoms with E-state index in [2.05, 4.69) is 15.5 Å². The van der Waals surface area contributed by atoms with Crippen LogP contribution in [0, 0.1) is 5.41 Å². The number of hydroxylamine groups is 1. The van der Waals surface area contributed by atoms with Gasteiger partial charge < -0.3 is 26.3 Å². The van der Waals surface area contributed by atoms with Crippen molar-refractivity contribution >= 4 is 36.3 Å². The Bertz CT molecular complexity index is 791. The third kappa shape index (κ3) is 8.79. The smallest absolute Gasteiger partial charge is 0.434 e. The van der Waals surface area contributed by atoms with Gasteiger partial charge in [-0.1, -0.05) is 37.6 Å². The minimum Gasteiger partial charge on any atom is -0.434 e. The molecule has 178 valence electrons. The van der Waals surface area contributed by atoms with Crippen molar-refractivity contribution in [3.05, 3.63) is 35.4 Å². The summed E-state index contributed by atoms with van der Waals surface area (Å²) < 4.78 is 9.20. The van der Waals surface area contributed by atoms with Gasteiger partial charge in [0.05, 0.1) is 25.2 Å². The number of nitrogens with two attached hydrogens (primary N) is 2. The summed E-state index contributed by atoms with van der Waals surface area (Å²) in [6.07, 6.45) is 0.649. The number of hydrogen-bond acceptors (Lipinski definition) is 9. The summed E-state index contributed by atoms with van der Waals surface area (Å²) in [5.41, 5.74) is 15.6. The van der Waals surface area contributed by atoms with Gasteiger partial charge >= 0.3 is 12.1 Å². The topological polar surface area (TPSA) is 179 Å². The Labute approximate surface area is 192 Å². The Morgan fingerprint density at radius 1 is 1.31 bits per heavy atom. The first-order valence-corrected chi connectivity index (χ1v) is 10.1. The van der Waals surface area contributed by atoms with Crippen molar-refractivity contribution in [2.75, 3.05) is 13.2 Å². The van der Waals surface area contributed by atoms with E-state index in [-0.39, 0.29) is 55.9 Å². The lowest BCUT2D eigenvalue weighted by atomic mass is 9.99. The second-order valence-electron chi connectivity index (χ2n) is 7.17. The van der Waals surface area contributed by atoms with Gasteiger partial charge in [-0.3, -0.25) is 15.0 Å². The molecule has 11 nitrogen and oxygen atoms in total. The summed E-state index contributed by atoms with van der Waals surface area (Å²) in [4.78, 5) is 40.7. The van der Waals surface area contributed by atoms with E-state index in [0.29, 0.717) is 18.4 Å². The molecular weight excluding hydrogens is 442 g/mol. The summed E-state index contributed by atoms with van der Waals surface area (Å²) in [5.74, 6) is -1.34. The van der Waals surface area contributed by atoms with Crippen LogP contribution in [-0.4, -0.2) is 49.2 Å². The van der Waals surface area contributed by atoms with Gasteiger partial charge in [0.2, 0.25) is 5.91 Å². The summed E-state index contributed by atoms with van der Waals surface area (Å²) in [5, 5.41) is 9.95. The van der Waals surface area contributed by atoms with Crippen LogP contribution >= 0.6 is 12.4 Å². The first-order valence-electron chi connectivity index (χ1n) is 10.1. The number of unbranched alkanes of at least 4 members (excludes halogenated alkanes) is 1. The van der Waals surface area contributed by atoms with Crippen molar-refractivity contribution in [1.82, 2.24) is 10.8 Å². The first-order chi connectivity index (χ1) is 14.8. The van der Waals surface area contributed by atoms with Gasteiger partial charge in [0.15, 0.2) is 0 Å². The molecular formula is C20H30ClN5O6. The summed E-state index contributed by atoms with van der Waals surface area (Å²) >= 11 is 0. The Balaban J connectivity index is 0.00000512. The fraction of sp³-hybridized carbons (Fsp3) is 0.500. The molecule has 1 saturated heterocycles. The van der Waals surface area contributed by atoms with Gasteiger partial charge in [-0.15, -0.1) is 12.4 Å². The first kappa shape index (κ1) is 27.3. The quantitative estimate of drug-likeness (QED) is 0.109. The third-order valence-electron chi connectivity index (χ3n) is 4.64. The highest BCUT2D eigenvalue weighted by Gasteiger charge is 2.29. The SMILES string of the molecule is CCCCOC(=O)OC(=O)C(N)CNC(=O)C[C@H]1C[C@@H](c2ccc(C(=N)N)cc2)NO1.Cl. The van der Waals surface area contributed by atoms with Crippen molar-refractivity contribution in [1.29, 1.82) is 5.41 Å². The fourth-order valence-corrected chi connectivity index (χ4v) is 2.83. The van der Waals surface area contributed by atoms with Crippen LogP contribution in [0.25, 0.3) is 0 Å². The van der Waals surface area contributed by atoms with Crippen LogP contribution < -0.4 is 22.3 Å². The minimum absolute atomic E-state index is 0. The molecule has 0 aliphatic carbocycles. The van der Waals surface area contributed by atoms with Crippen molar-refractivity contribution in [2.45, 2.75) is 50.8 Å². The molecule has 1 amide bonds. The molecule has 1 aromatic carbocycles. The van der Waals surface area contributed by atoms with Crippen molar-refractivity contribution in [3.63, 3.8) is 0 Å². The van der Waals surface area contributed by atoms with Gasteiger partial charge in [-0.05, 0) is 18.4 Å². The molecule has 1 aliphatic rings. The van der Waals surface area contributed by atoms with Crippen molar-refractivity contribution < 1.29 is 28.7 Å². The van der Waals surface area contributed by atoms with E-state index in [1.807, 2.05) is 19.1 Å². The summed E-state index contributed by atoms with van der Waals surface area (Å²) in [7, 11) is 0. The molecule has 32 heavy (non-hydrogen) atoms. The molecule has 0 aromatic heterocycles. The second kappa shape index (κ2) is 13.6. The number of amidine groups is 1. The molecule has 0 saturated carbocycles. The van der Waals surface area contributed by atoms with Crippen LogP contribution in [0.2, 0.25) is 0 Å². The van der Waals surface area contributed by atoms with E-state index in [1.54, 1.807) is 12.1 Å². The van der Waals surface area contributed by atoms with Crippen molar-refractivity contribution in [2.24, 2.45) is 11.5 Å². The van der Waals surface area contributed by atoms with Gasteiger partial charge in [-0.25, -0.2) is 9.59 Å². The third-order valence-corrected chi connectivity index (χ3v) is 4.64. The maximum absolute atomic E-state index is 12.1. The normalized spacial score (nSPS) is 18.2. The maximum atomic E-state index is 12.1. The molecule has 1 unspecified atom stereocenters. The van der Waals surface area contributed by atoms with Gasteiger partial charge in [0.25, 0.3) is 0 Å². The zero-order valence-electron chi connectivity index (χ0n) is 17.8. The van der Waals surface area contributed by atoms with Crippen LogP contribution in [-0.2, 0) is 23.9 Å². The molecule has 1 heterocycles. The molecule has 3 atom stereocenters. The Morgan fingerprint density at radius 2 is 2.00 bits per heavy atom. The highest BCUT2D eigenvalue weighted by atomic mass is 35.5. The van der Waals surface area contributed by atoms with Gasteiger partial charge in [0, 0.05) is 12.1 Å². The lowest BCUT2D eigenvalue weighted by Crippen LogP contribution is -2.44. The van der Waals surface area contributed by atoms with Gasteiger partial charge in [0.1, 0.15) is 11.9 Å². The molecule has 0 spiro atoms. The predicted octanol–water partition coefficient (Wildman–Crippen LogP) is 1.04. The molecule has 1 aliphatic heterocycles. The highest BCUT2D eigenvalue weighted by Crippen LogP contribution is 2.27. The van der Waals surface area contributed by atoms with E-state index in [0.717, 1.165) is 12.0 Å². The number of hydrogen-bond donors (Lipinski definition) is 5. The van der Waals surface area contributed by atoms with Gasteiger partial charge in [-0.2, -0.15) is 5.48 Å². The number of halogens is 1. The molecule has 1 aromatic rings. The van der Waals surface area contributed by atoms with Crippen LogP contribution in [0.15, 0.2) is 24.3 Å². The van der Waals surface area contributed by atoms with Crippen LogP contribution in [0.3, 0.4) is 0 Å². The van der Waals surface area contributed by atoms with Crippen molar-refractivity contribution in [3.8, 4) is 0 Å². The molecule has 2 rings (SSSR count). The minimum atomic E-state index is -1.20. The van der Waals surface area contributed by atoms with Crippen LogP contribution in [0.5, 0.6) is 0 Å². The number of rotatable bonds is 10. The van der Waals surface area contributed by atoms with Crippen LogP contribution in [0.4, 0.5) is 4.79 Å².